The fraction of sp³-hybridized carbons (Fsp3) is 0.280. The number of amides is 2. The molecule has 0 spiro atoms. The molecule has 4 rings (SSSR count). The van der Waals surface area contributed by atoms with Gasteiger partial charge in [-0.1, -0.05) is 54.9 Å². The molecule has 3 aromatic rings. The highest BCUT2D eigenvalue weighted by Crippen LogP contribution is 2.29. The van der Waals surface area contributed by atoms with Crippen LogP contribution in [0.1, 0.15) is 36.5 Å². The molecule has 1 fully saturated rings. The Morgan fingerprint density at radius 3 is 2.36 bits per heavy atom. The van der Waals surface area contributed by atoms with Crippen molar-refractivity contribution >= 4 is 50.9 Å². The molecule has 1 heterocycles. The number of fused-ring (bicyclic) bond motifs is 1. The number of carbonyl (C=O) groups is 2. The molecule has 1 aliphatic rings. The van der Waals surface area contributed by atoms with Crippen LogP contribution in [0.15, 0.2) is 65.6 Å². The lowest BCUT2D eigenvalue weighted by Gasteiger charge is -2.32. The standard InChI is InChI=1S/C25H26ClN3O3S/c1-2-24(30)29-15-13-17(14-16-29)28-33(32)23-12-11-22(18-7-3-4-8-19(18)23)27-25(31)20-9-5-6-10-21(20)26/h3-12,17,28H,2,13-16H2,1H3,(H,27,31). The highest BCUT2D eigenvalue weighted by atomic mass is 35.5. The van der Waals surface area contributed by atoms with Crippen molar-refractivity contribution in [2.24, 2.45) is 0 Å². The first kappa shape index (κ1) is 23.4. The molecular weight excluding hydrogens is 458 g/mol. The molecule has 8 heteroatoms. The van der Waals surface area contributed by atoms with Crippen molar-refractivity contribution in [3.8, 4) is 0 Å². The van der Waals surface area contributed by atoms with Crippen molar-refractivity contribution in [1.29, 1.82) is 0 Å². The van der Waals surface area contributed by atoms with Crippen molar-refractivity contribution in [3.05, 3.63) is 71.2 Å². The molecule has 0 aliphatic carbocycles. The summed E-state index contributed by atoms with van der Waals surface area (Å²) in [6.07, 6.45) is 2.04. The van der Waals surface area contributed by atoms with E-state index >= 15 is 0 Å². The zero-order valence-corrected chi connectivity index (χ0v) is 19.9. The summed E-state index contributed by atoms with van der Waals surface area (Å²) in [5, 5.41) is 4.92. The van der Waals surface area contributed by atoms with E-state index in [2.05, 4.69) is 10.0 Å². The van der Waals surface area contributed by atoms with E-state index in [-0.39, 0.29) is 17.9 Å². The Morgan fingerprint density at radius 2 is 1.67 bits per heavy atom. The van der Waals surface area contributed by atoms with Gasteiger partial charge in [-0.3, -0.25) is 9.59 Å². The minimum atomic E-state index is -1.43. The molecule has 0 radical (unpaired) electrons. The Labute approximate surface area is 200 Å². The SMILES string of the molecule is CCC(=O)N1CCC(NS(=O)c2ccc(NC(=O)c3ccccc3Cl)c3ccccc23)CC1. The number of anilines is 1. The van der Waals surface area contributed by atoms with Crippen LogP contribution in [-0.2, 0) is 15.8 Å². The van der Waals surface area contributed by atoms with Gasteiger partial charge in [0.1, 0.15) is 11.0 Å². The Balaban J connectivity index is 1.52. The average Bonchev–Trinajstić information content (AvgIpc) is 2.84. The van der Waals surface area contributed by atoms with Crippen molar-refractivity contribution in [1.82, 2.24) is 9.62 Å². The number of hydrogen-bond donors (Lipinski definition) is 2. The van der Waals surface area contributed by atoms with Crippen molar-refractivity contribution in [2.75, 3.05) is 18.4 Å². The molecule has 3 aromatic carbocycles. The number of halogens is 1. The summed E-state index contributed by atoms with van der Waals surface area (Å²) in [7, 11) is -1.43. The molecule has 1 unspecified atom stereocenters. The van der Waals surface area contributed by atoms with Gasteiger partial charge in [-0.15, -0.1) is 0 Å². The monoisotopic (exact) mass is 483 g/mol. The van der Waals surface area contributed by atoms with E-state index in [1.807, 2.05) is 36.1 Å². The summed E-state index contributed by atoms with van der Waals surface area (Å²) in [6.45, 7) is 3.22. The molecule has 1 saturated heterocycles. The lowest BCUT2D eigenvalue weighted by Crippen LogP contribution is -2.45. The summed E-state index contributed by atoms with van der Waals surface area (Å²) in [4.78, 5) is 27.2. The smallest absolute Gasteiger partial charge is 0.257 e. The maximum atomic E-state index is 13.2. The largest absolute Gasteiger partial charge is 0.343 e. The van der Waals surface area contributed by atoms with Crippen LogP contribution < -0.4 is 10.0 Å². The van der Waals surface area contributed by atoms with Crippen molar-refractivity contribution in [2.45, 2.75) is 37.1 Å². The van der Waals surface area contributed by atoms with Crippen molar-refractivity contribution in [3.63, 3.8) is 0 Å². The molecule has 0 bridgehead atoms. The number of rotatable bonds is 6. The van der Waals surface area contributed by atoms with Crippen LogP contribution in [0.2, 0.25) is 5.02 Å². The van der Waals surface area contributed by atoms with Crippen LogP contribution in [0.5, 0.6) is 0 Å². The Kier molecular flexibility index (Phi) is 7.42. The molecule has 2 N–H and O–H groups in total. The van der Waals surface area contributed by atoms with E-state index in [0.717, 1.165) is 23.6 Å². The highest BCUT2D eigenvalue weighted by Gasteiger charge is 2.24. The van der Waals surface area contributed by atoms with Gasteiger partial charge in [-0.05, 0) is 37.1 Å². The lowest BCUT2D eigenvalue weighted by molar-refractivity contribution is -0.131. The van der Waals surface area contributed by atoms with E-state index in [4.69, 9.17) is 11.6 Å². The highest BCUT2D eigenvalue weighted by molar-refractivity contribution is 7.83. The molecule has 1 atom stereocenters. The van der Waals surface area contributed by atoms with Crippen LogP contribution in [0, 0.1) is 0 Å². The van der Waals surface area contributed by atoms with Gasteiger partial charge in [0.2, 0.25) is 5.91 Å². The van der Waals surface area contributed by atoms with Gasteiger partial charge >= 0.3 is 0 Å². The minimum absolute atomic E-state index is 0.0742. The quantitative estimate of drug-likeness (QED) is 0.530. The van der Waals surface area contributed by atoms with Gasteiger partial charge < -0.3 is 10.2 Å². The Morgan fingerprint density at radius 1 is 1.00 bits per heavy atom. The zero-order chi connectivity index (χ0) is 23.4. The average molecular weight is 484 g/mol. The fourth-order valence-corrected chi connectivity index (χ4v) is 5.52. The van der Waals surface area contributed by atoms with Crippen LogP contribution in [-0.4, -0.2) is 40.1 Å². The summed E-state index contributed by atoms with van der Waals surface area (Å²) in [6, 6.07) is 18.1. The maximum absolute atomic E-state index is 13.2. The van der Waals surface area contributed by atoms with Gasteiger partial charge in [0.05, 0.1) is 15.5 Å². The predicted octanol–water partition coefficient (Wildman–Crippen LogP) is 4.76. The lowest BCUT2D eigenvalue weighted by atomic mass is 10.1. The number of likely N-dealkylation sites (tertiary alicyclic amines) is 1. The van der Waals surface area contributed by atoms with Gasteiger partial charge in [-0.2, -0.15) is 0 Å². The fourth-order valence-electron chi connectivity index (χ4n) is 4.06. The first-order valence-corrected chi connectivity index (χ1v) is 12.5. The predicted molar refractivity (Wildman–Crippen MR) is 133 cm³/mol. The third-order valence-corrected chi connectivity index (χ3v) is 7.51. The number of carbonyl (C=O) groups excluding carboxylic acids is 2. The van der Waals surface area contributed by atoms with E-state index < -0.39 is 11.0 Å². The molecule has 33 heavy (non-hydrogen) atoms. The summed E-state index contributed by atoms with van der Waals surface area (Å²) >= 11 is 6.17. The normalized spacial score (nSPS) is 15.4. The first-order chi connectivity index (χ1) is 16.0. The molecule has 172 valence electrons. The number of nitrogens with zero attached hydrogens (tertiary/aromatic N) is 1. The van der Waals surface area contributed by atoms with Crippen LogP contribution >= 0.6 is 11.6 Å². The molecule has 1 aliphatic heterocycles. The topological polar surface area (TPSA) is 78.5 Å². The molecule has 2 amide bonds. The van der Waals surface area contributed by atoms with Crippen LogP contribution in [0.3, 0.4) is 0 Å². The second-order valence-corrected chi connectivity index (χ2v) is 9.61. The van der Waals surface area contributed by atoms with Gasteiger partial charge in [0.15, 0.2) is 0 Å². The van der Waals surface area contributed by atoms with Gasteiger partial charge in [-0.25, -0.2) is 8.93 Å². The third-order valence-electron chi connectivity index (χ3n) is 5.87. The third kappa shape index (κ3) is 5.27. The maximum Gasteiger partial charge on any atom is 0.257 e. The van der Waals surface area contributed by atoms with Gasteiger partial charge in [0.25, 0.3) is 5.91 Å². The zero-order valence-electron chi connectivity index (χ0n) is 18.3. The Bertz CT molecular complexity index is 1210. The van der Waals surface area contributed by atoms with Gasteiger partial charge in [0, 0.05) is 42.0 Å². The van der Waals surface area contributed by atoms with E-state index in [1.54, 1.807) is 36.4 Å². The molecule has 6 nitrogen and oxygen atoms in total. The second kappa shape index (κ2) is 10.5. The van der Waals surface area contributed by atoms with E-state index in [0.29, 0.717) is 40.7 Å². The summed E-state index contributed by atoms with van der Waals surface area (Å²) < 4.78 is 16.4. The Hall–Kier alpha value is -2.74. The minimum Gasteiger partial charge on any atom is -0.343 e. The van der Waals surface area contributed by atoms with Crippen LogP contribution in [0.4, 0.5) is 5.69 Å². The molecule has 0 saturated carbocycles. The summed E-state index contributed by atoms with van der Waals surface area (Å²) in [5.41, 5.74) is 1.02. The summed E-state index contributed by atoms with van der Waals surface area (Å²) in [5.74, 6) is -0.138. The van der Waals surface area contributed by atoms with E-state index in [1.165, 1.54) is 0 Å². The number of hydrogen-bond acceptors (Lipinski definition) is 3. The molecule has 0 aromatic heterocycles. The number of piperidine rings is 1. The second-order valence-electron chi connectivity index (χ2n) is 7.99. The van der Waals surface area contributed by atoms with Crippen molar-refractivity contribution < 1.29 is 13.8 Å². The number of benzene rings is 3. The first-order valence-electron chi connectivity index (χ1n) is 11.0. The molecular formula is C25H26ClN3O3S. The van der Waals surface area contributed by atoms with Crippen LogP contribution in [0.25, 0.3) is 10.8 Å². The number of nitrogens with one attached hydrogen (secondary N) is 2. The van der Waals surface area contributed by atoms with E-state index in [9.17, 15) is 13.8 Å².